The van der Waals surface area contributed by atoms with E-state index in [1.165, 1.54) is 0 Å². The number of nitrogens with one attached hydrogen (secondary N) is 1. The summed E-state index contributed by atoms with van der Waals surface area (Å²) in [5.74, 6) is 0.672. The largest absolute Gasteiger partial charge is 0.358 e. The Kier molecular flexibility index (Phi) is 8.52. The molecule has 1 aliphatic rings. The van der Waals surface area contributed by atoms with Crippen molar-refractivity contribution in [1.82, 2.24) is 15.1 Å². The van der Waals surface area contributed by atoms with Gasteiger partial charge in [-0.2, -0.15) is 0 Å². The molecule has 0 bridgehead atoms. The molecule has 0 aliphatic carbocycles. The van der Waals surface area contributed by atoms with Gasteiger partial charge in [0.25, 0.3) is 5.91 Å². The molecule has 2 aromatic rings. The second-order valence-electron chi connectivity index (χ2n) is 7.69. The van der Waals surface area contributed by atoms with E-state index in [4.69, 9.17) is 0 Å². The van der Waals surface area contributed by atoms with Crippen molar-refractivity contribution in [3.05, 3.63) is 96.2 Å². The van der Waals surface area contributed by atoms with Crippen molar-refractivity contribution in [3.8, 4) is 0 Å². The first-order chi connectivity index (χ1) is 15.6. The molecule has 0 atom stereocenters. The number of rotatable bonds is 8. The van der Waals surface area contributed by atoms with E-state index in [2.05, 4.69) is 26.7 Å². The van der Waals surface area contributed by atoms with Crippen molar-refractivity contribution in [1.29, 1.82) is 0 Å². The van der Waals surface area contributed by atoms with E-state index in [-0.39, 0.29) is 18.2 Å². The standard InChI is InChI=1S/C26H30N4O2/c1-3-4-14-27-21(2)30-17-15-29(16-18-30)20-22-10-12-24(13-11-22)26(32)28-19-25(31)23-8-6-5-7-9-23/h3-14H,1,15-20H2,2H3,(H,28,32)/b14-4-,27-21+. The van der Waals surface area contributed by atoms with Gasteiger partial charge in [-0.05, 0) is 30.7 Å². The molecule has 32 heavy (non-hydrogen) atoms. The van der Waals surface area contributed by atoms with Crippen LogP contribution in [0.1, 0.15) is 33.2 Å². The van der Waals surface area contributed by atoms with Crippen LogP contribution in [0.4, 0.5) is 0 Å². The van der Waals surface area contributed by atoms with Crippen LogP contribution in [0.5, 0.6) is 0 Å². The van der Waals surface area contributed by atoms with E-state index < -0.39 is 0 Å². The second kappa shape index (κ2) is 11.8. The lowest BCUT2D eigenvalue weighted by molar-refractivity contribution is 0.0904. The maximum absolute atomic E-state index is 12.4. The number of amidine groups is 1. The van der Waals surface area contributed by atoms with Crippen LogP contribution in [0.25, 0.3) is 0 Å². The Hall–Kier alpha value is -3.51. The molecule has 0 spiro atoms. The number of carbonyl (C=O) groups excluding carboxylic acids is 2. The lowest BCUT2D eigenvalue weighted by atomic mass is 10.1. The Morgan fingerprint density at radius 3 is 2.34 bits per heavy atom. The number of hydrogen-bond donors (Lipinski definition) is 1. The molecule has 1 fully saturated rings. The topological polar surface area (TPSA) is 65.0 Å². The maximum atomic E-state index is 12.4. The molecular formula is C26H30N4O2. The minimum absolute atomic E-state index is 0.0129. The minimum Gasteiger partial charge on any atom is -0.358 e. The number of nitrogens with zero attached hydrogens (tertiary/aromatic N) is 3. The molecule has 1 amide bonds. The summed E-state index contributed by atoms with van der Waals surface area (Å²) in [6, 6.07) is 16.6. The van der Waals surface area contributed by atoms with Crippen LogP contribution in [0.2, 0.25) is 0 Å². The minimum atomic E-state index is -0.241. The van der Waals surface area contributed by atoms with E-state index >= 15 is 0 Å². The van der Waals surface area contributed by atoms with E-state index in [1.54, 1.807) is 24.4 Å². The fourth-order valence-electron chi connectivity index (χ4n) is 3.53. The van der Waals surface area contributed by atoms with Crippen LogP contribution >= 0.6 is 0 Å². The number of amides is 1. The first-order valence-corrected chi connectivity index (χ1v) is 10.8. The van der Waals surface area contributed by atoms with Gasteiger partial charge >= 0.3 is 0 Å². The van der Waals surface area contributed by atoms with Crippen LogP contribution in [0.3, 0.4) is 0 Å². The van der Waals surface area contributed by atoms with Crippen LogP contribution in [0, 0.1) is 0 Å². The van der Waals surface area contributed by atoms with Crippen molar-refractivity contribution in [3.63, 3.8) is 0 Å². The lowest BCUT2D eigenvalue weighted by Gasteiger charge is -2.35. The second-order valence-corrected chi connectivity index (χ2v) is 7.69. The average molecular weight is 431 g/mol. The number of carbonyl (C=O) groups is 2. The lowest BCUT2D eigenvalue weighted by Crippen LogP contribution is -2.47. The molecule has 1 saturated heterocycles. The molecular weight excluding hydrogens is 400 g/mol. The number of benzene rings is 2. The molecule has 0 radical (unpaired) electrons. The number of hydrogen-bond acceptors (Lipinski definition) is 4. The highest BCUT2D eigenvalue weighted by Crippen LogP contribution is 2.11. The summed E-state index contributed by atoms with van der Waals surface area (Å²) in [5.41, 5.74) is 2.31. The fourth-order valence-corrected chi connectivity index (χ4v) is 3.53. The van der Waals surface area contributed by atoms with Gasteiger partial charge in [0.05, 0.1) is 6.54 Å². The van der Waals surface area contributed by atoms with Gasteiger partial charge in [-0.3, -0.25) is 14.5 Å². The molecule has 0 aromatic heterocycles. The predicted octanol–water partition coefficient (Wildman–Crippen LogP) is 3.54. The molecule has 3 rings (SSSR count). The van der Waals surface area contributed by atoms with Crippen LogP contribution < -0.4 is 5.32 Å². The molecule has 0 unspecified atom stereocenters. The van der Waals surface area contributed by atoms with E-state index in [1.807, 2.05) is 55.5 Å². The highest BCUT2D eigenvalue weighted by atomic mass is 16.2. The van der Waals surface area contributed by atoms with E-state index in [9.17, 15) is 9.59 Å². The van der Waals surface area contributed by atoms with Gasteiger partial charge < -0.3 is 10.2 Å². The number of Topliss-reactive ketones (excluding diaryl/α,β-unsaturated/α-hetero) is 1. The summed E-state index contributed by atoms with van der Waals surface area (Å²) >= 11 is 0. The van der Waals surface area contributed by atoms with Crippen molar-refractivity contribution >= 4 is 17.5 Å². The Morgan fingerprint density at radius 2 is 1.69 bits per heavy atom. The first-order valence-electron chi connectivity index (χ1n) is 10.8. The molecule has 2 aromatic carbocycles. The zero-order valence-corrected chi connectivity index (χ0v) is 18.5. The van der Waals surface area contributed by atoms with Gasteiger partial charge in [0, 0.05) is 50.1 Å². The van der Waals surface area contributed by atoms with Crippen molar-refractivity contribution in [2.75, 3.05) is 32.7 Å². The van der Waals surface area contributed by atoms with Crippen LogP contribution in [0.15, 0.2) is 84.5 Å². The summed E-state index contributed by atoms with van der Waals surface area (Å²) in [5, 5.41) is 2.71. The summed E-state index contributed by atoms with van der Waals surface area (Å²) in [6.45, 7) is 10.3. The van der Waals surface area contributed by atoms with Gasteiger partial charge in [-0.25, -0.2) is 4.99 Å². The number of allylic oxidation sites excluding steroid dienone is 2. The molecule has 0 saturated carbocycles. The molecule has 6 heteroatoms. The Labute approximate surface area is 190 Å². The third-order valence-electron chi connectivity index (χ3n) is 5.44. The molecule has 1 aliphatic heterocycles. The summed E-state index contributed by atoms with van der Waals surface area (Å²) < 4.78 is 0. The van der Waals surface area contributed by atoms with Crippen molar-refractivity contribution in [2.45, 2.75) is 13.5 Å². The number of aliphatic imine (C=N–C) groups is 1. The smallest absolute Gasteiger partial charge is 0.251 e. The SMILES string of the molecule is C=C/C=C\N=C(/C)N1CCN(Cc2ccc(C(=O)NCC(=O)c3ccccc3)cc2)CC1. The van der Waals surface area contributed by atoms with Crippen molar-refractivity contribution in [2.24, 2.45) is 4.99 Å². The monoisotopic (exact) mass is 430 g/mol. The Bertz CT molecular complexity index is 973. The molecule has 1 N–H and O–H groups in total. The van der Waals surface area contributed by atoms with E-state index in [0.29, 0.717) is 11.1 Å². The molecule has 6 nitrogen and oxygen atoms in total. The predicted molar refractivity (Wildman–Crippen MR) is 129 cm³/mol. The van der Waals surface area contributed by atoms with Gasteiger partial charge in [-0.15, -0.1) is 0 Å². The highest BCUT2D eigenvalue weighted by Gasteiger charge is 2.18. The van der Waals surface area contributed by atoms with Crippen LogP contribution in [-0.4, -0.2) is 60.0 Å². The van der Waals surface area contributed by atoms with Crippen molar-refractivity contribution < 1.29 is 9.59 Å². The van der Waals surface area contributed by atoms with Gasteiger partial charge in [-0.1, -0.05) is 55.1 Å². The van der Waals surface area contributed by atoms with Crippen LogP contribution in [-0.2, 0) is 6.54 Å². The summed E-state index contributed by atoms with van der Waals surface area (Å²) in [6.07, 6.45) is 5.31. The highest BCUT2D eigenvalue weighted by molar-refractivity contribution is 6.02. The summed E-state index contributed by atoms with van der Waals surface area (Å²) in [7, 11) is 0. The molecule has 1 heterocycles. The third-order valence-corrected chi connectivity index (χ3v) is 5.44. The normalized spacial score (nSPS) is 15.0. The van der Waals surface area contributed by atoms with Gasteiger partial charge in [0.15, 0.2) is 5.78 Å². The Morgan fingerprint density at radius 1 is 1.00 bits per heavy atom. The van der Waals surface area contributed by atoms with E-state index in [0.717, 1.165) is 44.1 Å². The summed E-state index contributed by atoms with van der Waals surface area (Å²) in [4.78, 5) is 33.6. The number of piperazine rings is 1. The Balaban J connectivity index is 1.45. The average Bonchev–Trinajstić information content (AvgIpc) is 2.84. The zero-order valence-electron chi connectivity index (χ0n) is 18.5. The number of ketones is 1. The van der Waals surface area contributed by atoms with Gasteiger partial charge in [0.1, 0.15) is 5.84 Å². The molecule has 166 valence electrons. The van der Waals surface area contributed by atoms with Gasteiger partial charge in [0.2, 0.25) is 0 Å². The zero-order chi connectivity index (χ0) is 22.8. The maximum Gasteiger partial charge on any atom is 0.251 e. The first kappa shape index (κ1) is 23.2. The third kappa shape index (κ3) is 6.75. The quantitative estimate of drug-likeness (QED) is 0.301. The fraction of sp³-hybridized carbons (Fsp3) is 0.269.